The highest BCUT2D eigenvalue weighted by atomic mass is 32.1. The Morgan fingerprint density at radius 2 is 2.14 bits per heavy atom. The zero-order valence-corrected chi connectivity index (χ0v) is 13.8. The van der Waals surface area contributed by atoms with Gasteiger partial charge in [-0.15, -0.1) is 11.3 Å². The maximum absolute atomic E-state index is 12.3. The van der Waals surface area contributed by atoms with E-state index in [-0.39, 0.29) is 11.9 Å². The smallest absolute Gasteiger partial charge is 0.225 e. The summed E-state index contributed by atoms with van der Waals surface area (Å²) in [5, 5.41) is 6.09. The summed E-state index contributed by atoms with van der Waals surface area (Å²) in [6.45, 7) is 6.11. The lowest BCUT2D eigenvalue weighted by atomic mass is 10.0. The number of hydrogen-bond donors (Lipinski definition) is 1. The number of amides is 1. The molecule has 0 saturated heterocycles. The van der Waals surface area contributed by atoms with Crippen molar-refractivity contribution in [2.75, 3.05) is 0 Å². The molecular weight excluding hydrogens is 294 g/mol. The summed E-state index contributed by atoms with van der Waals surface area (Å²) in [4.78, 5) is 13.4. The first kappa shape index (κ1) is 14.9. The van der Waals surface area contributed by atoms with Gasteiger partial charge in [-0.3, -0.25) is 4.79 Å². The van der Waals surface area contributed by atoms with Crippen molar-refractivity contribution in [3.8, 4) is 0 Å². The minimum Gasteiger partial charge on any atom is -0.464 e. The van der Waals surface area contributed by atoms with Crippen molar-refractivity contribution in [1.82, 2.24) is 5.32 Å². The zero-order valence-electron chi connectivity index (χ0n) is 13.0. The monoisotopic (exact) mass is 313 g/mol. The fraction of sp³-hybridized carbons (Fsp3) is 0.278. The molecule has 1 N–H and O–H groups in total. The van der Waals surface area contributed by atoms with Crippen LogP contribution >= 0.6 is 11.3 Å². The first-order valence-corrected chi connectivity index (χ1v) is 8.23. The Hall–Kier alpha value is -2.07. The van der Waals surface area contributed by atoms with Crippen LogP contribution in [0.5, 0.6) is 0 Å². The highest BCUT2D eigenvalue weighted by Gasteiger charge is 2.15. The third kappa shape index (κ3) is 2.79. The van der Waals surface area contributed by atoms with Crippen molar-refractivity contribution in [1.29, 1.82) is 0 Å². The number of benzene rings is 1. The summed E-state index contributed by atoms with van der Waals surface area (Å²) in [6.07, 6.45) is 2.04. The summed E-state index contributed by atoms with van der Waals surface area (Å²) in [6, 6.07) is 8.18. The van der Waals surface area contributed by atoms with Crippen molar-refractivity contribution in [2.24, 2.45) is 0 Å². The second-order valence-electron chi connectivity index (χ2n) is 5.63. The minimum atomic E-state index is 0.0156. The van der Waals surface area contributed by atoms with Crippen LogP contribution in [0.2, 0.25) is 0 Å². The minimum absolute atomic E-state index is 0.0156. The Bertz CT molecular complexity index is 802. The molecule has 3 aromatic rings. The van der Waals surface area contributed by atoms with E-state index in [0.717, 1.165) is 27.0 Å². The number of thiophene rings is 1. The molecule has 4 heteroatoms. The Morgan fingerprint density at radius 1 is 1.32 bits per heavy atom. The van der Waals surface area contributed by atoms with E-state index in [1.54, 1.807) is 17.6 Å². The quantitative estimate of drug-likeness (QED) is 0.769. The van der Waals surface area contributed by atoms with E-state index in [1.807, 2.05) is 37.4 Å². The standard InChI is InChI=1S/C18H19NO2S/c1-11-6-7-15-14(10-21-18(15)12(11)2)9-17(20)19-13(3)16-5-4-8-22-16/h4-8,10,13H,9H2,1-3H3,(H,19,20). The Labute approximate surface area is 134 Å². The number of aryl methyl sites for hydroxylation is 2. The van der Waals surface area contributed by atoms with Gasteiger partial charge in [0.2, 0.25) is 5.91 Å². The molecule has 0 aliphatic heterocycles. The zero-order chi connectivity index (χ0) is 15.7. The van der Waals surface area contributed by atoms with Crippen LogP contribution in [0, 0.1) is 13.8 Å². The van der Waals surface area contributed by atoms with Crippen LogP contribution in [0.25, 0.3) is 11.0 Å². The van der Waals surface area contributed by atoms with Crippen molar-refractivity contribution in [3.05, 3.63) is 57.5 Å². The van der Waals surface area contributed by atoms with E-state index in [1.165, 1.54) is 5.56 Å². The van der Waals surface area contributed by atoms with Crippen molar-refractivity contribution in [3.63, 3.8) is 0 Å². The van der Waals surface area contributed by atoms with Crippen LogP contribution in [0.15, 0.2) is 40.3 Å². The van der Waals surface area contributed by atoms with Crippen molar-refractivity contribution >= 4 is 28.2 Å². The van der Waals surface area contributed by atoms with E-state index in [4.69, 9.17) is 4.42 Å². The average Bonchev–Trinajstić information content (AvgIpc) is 3.13. The Balaban J connectivity index is 1.76. The largest absolute Gasteiger partial charge is 0.464 e. The number of hydrogen-bond acceptors (Lipinski definition) is 3. The molecule has 0 aliphatic rings. The third-order valence-electron chi connectivity index (χ3n) is 4.04. The molecule has 3 rings (SSSR count). The Kier molecular flexibility index (Phi) is 4.03. The van der Waals surface area contributed by atoms with Gasteiger partial charge in [-0.2, -0.15) is 0 Å². The molecule has 1 atom stereocenters. The molecule has 3 nitrogen and oxygen atoms in total. The highest BCUT2D eigenvalue weighted by Crippen LogP contribution is 2.27. The van der Waals surface area contributed by atoms with E-state index in [9.17, 15) is 4.79 Å². The predicted molar refractivity (Wildman–Crippen MR) is 90.3 cm³/mol. The summed E-state index contributed by atoms with van der Waals surface area (Å²) in [5.41, 5.74) is 4.16. The maximum Gasteiger partial charge on any atom is 0.225 e. The molecular formula is C18H19NO2S. The van der Waals surface area contributed by atoms with E-state index in [0.29, 0.717) is 6.42 Å². The normalized spacial score (nSPS) is 12.5. The molecule has 0 radical (unpaired) electrons. The number of fused-ring (bicyclic) bond motifs is 1. The molecule has 1 amide bonds. The molecule has 0 fully saturated rings. The van der Waals surface area contributed by atoms with Gasteiger partial charge < -0.3 is 9.73 Å². The molecule has 0 spiro atoms. The number of furan rings is 1. The van der Waals surface area contributed by atoms with Crippen LogP contribution < -0.4 is 5.32 Å². The van der Waals surface area contributed by atoms with Crippen LogP contribution in [0.1, 0.15) is 34.5 Å². The molecule has 0 aliphatic carbocycles. The predicted octanol–water partition coefficient (Wildman–Crippen LogP) is 4.53. The van der Waals surface area contributed by atoms with Gasteiger partial charge in [-0.25, -0.2) is 0 Å². The van der Waals surface area contributed by atoms with Gasteiger partial charge >= 0.3 is 0 Å². The topological polar surface area (TPSA) is 42.2 Å². The lowest BCUT2D eigenvalue weighted by Gasteiger charge is -2.11. The lowest BCUT2D eigenvalue weighted by Crippen LogP contribution is -2.27. The van der Waals surface area contributed by atoms with E-state index >= 15 is 0 Å². The number of nitrogens with one attached hydrogen (secondary N) is 1. The van der Waals surface area contributed by atoms with Gasteiger partial charge in [0, 0.05) is 15.8 Å². The second kappa shape index (κ2) is 5.97. The van der Waals surface area contributed by atoms with Gasteiger partial charge in [0.15, 0.2) is 0 Å². The first-order valence-electron chi connectivity index (χ1n) is 7.35. The lowest BCUT2D eigenvalue weighted by molar-refractivity contribution is -0.121. The first-order chi connectivity index (χ1) is 10.6. The van der Waals surface area contributed by atoms with Crippen LogP contribution in [0.4, 0.5) is 0 Å². The summed E-state index contributed by atoms with van der Waals surface area (Å²) in [5.74, 6) is 0.0156. The number of carbonyl (C=O) groups excluding carboxylic acids is 1. The molecule has 2 heterocycles. The molecule has 1 aromatic carbocycles. The van der Waals surface area contributed by atoms with Crippen LogP contribution in [-0.2, 0) is 11.2 Å². The maximum atomic E-state index is 12.3. The second-order valence-corrected chi connectivity index (χ2v) is 6.61. The third-order valence-corrected chi connectivity index (χ3v) is 5.10. The number of rotatable bonds is 4. The molecule has 22 heavy (non-hydrogen) atoms. The van der Waals surface area contributed by atoms with E-state index in [2.05, 4.69) is 18.3 Å². The molecule has 114 valence electrons. The fourth-order valence-electron chi connectivity index (χ4n) is 2.60. The summed E-state index contributed by atoms with van der Waals surface area (Å²) >= 11 is 1.65. The fourth-order valence-corrected chi connectivity index (χ4v) is 3.33. The number of carbonyl (C=O) groups is 1. The average molecular weight is 313 g/mol. The van der Waals surface area contributed by atoms with Crippen LogP contribution in [0.3, 0.4) is 0 Å². The highest BCUT2D eigenvalue weighted by molar-refractivity contribution is 7.10. The van der Waals surface area contributed by atoms with Crippen molar-refractivity contribution < 1.29 is 9.21 Å². The summed E-state index contributed by atoms with van der Waals surface area (Å²) < 4.78 is 5.66. The van der Waals surface area contributed by atoms with Gasteiger partial charge in [-0.1, -0.05) is 18.2 Å². The summed E-state index contributed by atoms with van der Waals surface area (Å²) in [7, 11) is 0. The van der Waals surface area contributed by atoms with Gasteiger partial charge in [0.25, 0.3) is 0 Å². The van der Waals surface area contributed by atoms with Crippen molar-refractivity contribution in [2.45, 2.75) is 33.2 Å². The van der Waals surface area contributed by atoms with Crippen LogP contribution in [-0.4, -0.2) is 5.91 Å². The Morgan fingerprint density at radius 3 is 2.86 bits per heavy atom. The SMILES string of the molecule is Cc1ccc2c(CC(=O)NC(C)c3cccs3)coc2c1C. The molecule has 2 aromatic heterocycles. The molecule has 0 saturated carbocycles. The molecule has 0 bridgehead atoms. The van der Waals surface area contributed by atoms with Gasteiger partial charge in [0.1, 0.15) is 5.58 Å². The molecule has 1 unspecified atom stereocenters. The van der Waals surface area contributed by atoms with Gasteiger partial charge in [-0.05, 0) is 43.3 Å². The van der Waals surface area contributed by atoms with Gasteiger partial charge in [0.05, 0.1) is 18.7 Å². The van der Waals surface area contributed by atoms with E-state index < -0.39 is 0 Å².